The number of thiazole rings is 1. The Kier molecular flexibility index (Phi) is 6.61. The minimum Gasteiger partial charge on any atom is -0.497 e. The number of benzene rings is 2. The molecule has 1 fully saturated rings. The Labute approximate surface area is 210 Å². The van der Waals surface area contributed by atoms with Crippen LogP contribution < -0.4 is 9.64 Å². The lowest BCUT2D eigenvalue weighted by Crippen LogP contribution is -2.48. The van der Waals surface area contributed by atoms with Crippen molar-refractivity contribution < 1.29 is 22.7 Å². The Morgan fingerprint density at radius 1 is 1.08 bits per heavy atom. The maximum atomic E-state index is 13.0. The van der Waals surface area contributed by atoms with Crippen LogP contribution in [0, 0.1) is 0 Å². The molecule has 1 saturated heterocycles. The highest BCUT2D eigenvalue weighted by Crippen LogP contribution is 2.32. The van der Waals surface area contributed by atoms with E-state index >= 15 is 0 Å². The number of aryl methyl sites for hydroxylation is 1. The second-order valence-corrected chi connectivity index (χ2v) is 9.49. The molecule has 0 bridgehead atoms. The fourth-order valence-corrected chi connectivity index (χ4v) is 5.30. The van der Waals surface area contributed by atoms with Gasteiger partial charge < -0.3 is 14.5 Å². The number of hydrogen-bond donors (Lipinski definition) is 0. The van der Waals surface area contributed by atoms with Crippen LogP contribution in [0.25, 0.3) is 16.2 Å². The van der Waals surface area contributed by atoms with Gasteiger partial charge in [-0.25, -0.2) is 4.98 Å². The third-order valence-corrected chi connectivity index (χ3v) is 7.32. The standard InChI is InChI=1S/C26H25F3N4O2S/c1-35-22-8-5-18(6-9-22)23-16-33-21(17-36-25(33)30-23)7-10-24(34)32-13-11-31(12-14-32)20-4-2-3-19(15-20)26(27,28)29/h2-6,8-9,15-17H,7,10-14H2,1H3. The number of alkyl halides is 3. The predicted octanol–water partition coefficient (Wildman–Crippen LogP) is 5.37. The van der Waals surface area contributed by atoms with Crippen molar-refractivity contribution in [3.05, 3.63) is 71.4 Å². The van der Waals surface area contributed by atoms with E-state index in [0.29, 0.717) is 44.7 Å². The molecule has 188 valence electrons. The third-order valence-electron chi connectivity index (χ3n) is 6.44. The van der Waals surface area contributed by atoms with E-state index in [9.17, 15) is 18.0 Å². The van der Waals surface area contributed by atoms with Crippen molar-refractivity contribution >= 4 is 27.9 Å². The third kappa shape index (κ3) is 5.04. The summed E-state index contributed by atoms with van der Waals surface area (Å²) in [6.07, 6.45) is -1.43. The van der Waals surface area contributed by atoms with E-state index < -0.39 is 11.7 Å². The van der Waals surface area contributed by atoms with E-state index in [-0.39, 0.29) is 5.91 Å². The first-order chi connectivity index (χ1) is 17.3. The number of fused-ring (bicyclic) bond motifs is 1. The number of hydrogen-bond acceptors (Lipinski definition) is 5. The normalized spacial score (nSPS) is 14.4. The molecule has 0 saturated carbocycles. The molecule has 10 heteroatoms. The van der Waals surface area contributed by atoms with Crippen LogP contribution in [0.5, 0.6) is 5.75 Å². The van der Waals surface area contributed by atoms with Gasteiger partial charge in [-0.1, -0.05) is 6.07 Å². The molecule has 6 nitrogen and oxygen atoms in total. The Balaban J connectivity index is 1.18. The second kappa shape index (κ2) is 9.85. The molecule has 5 rings (SSSR count). The van der Waals surface area contributed by atoms with Crippen LogP contribution in [0.15, 0.2) is 60.1 Å². The molecule has 1 aliphatic heterocycles. The number of nitrogens with zero attached hydrogens (tertiary/aromatic N) is 4. The summed E-state index contributed by atoms with van der Waals surface area (Å²) in [6.45, 7) is 1.98. The zero-order valence-corrected chi connectivity index (χ0v) is 20.5. The summed E-state index contributed by atoms with van der Waals surface area (Å²) in [4.78, 5) is 22.1. The summed E-state index contributed by atoms with van der Waals surface area (Å²) in [5.41, 5.74) is 2.76. The number of carbonyl (C=O) groups is 1. The Morgan fingerprint density at radius 3 is 2.53 bits per heavy atom. The molecule has 1 amide bonds. The predicted molar refractivity (Wildman–Crippen MR) is 134 cm³/mol. The van der Waals surface area contributed by atoms with Gasteiger partial charge in [-0.05, 0) is 48.9 Å². The average molecular weight is 515 g/mol. The van der Waals surface area contributed by atoms with Gasteiger partial charge in [0.15, 0.2) is 4.96 Å². The maximum absolute atomic E-state index is 13.0. The molecule has 3 heterocycles. The lowest BCUT2D eigenvalue weighted by atomic mass is 10.1. The van der Waals surface area contributed by atoms with Crippen molar-refractivity contribution in [3.8, 4) is 17.0 Å². The fourth-order valence-electron chi connectivity index (χ4n) is 4.40. The van der Waals surface area contributed by atoms with E-state index in [1.165, 1.54) is 12.1 Å². The zero-order valence-electron chi connectivity index (χ0n) is 19.7. The number of anilines is 1. The lowest BCUT2D eigenvalue weighted by molar-refractivity contribution is -0.137. The van der Waals surface area contributed by atoms with Crippen LogP contribution in [-0.4, -0.2) is 53.5 Å². The van der Waals surface area contributed by atoms with E-state index in [2.05, 4.69) is 0 Å². The van der Waals surface area contributed by atoms with Gasteiger partial charge in [0.25, 0.3) is 0 Å². The van der Waals surface area contributed by atoms with Crippen molar-refractivity contribution in [2.75, 3.05) is 38.2 Å². The number of carbonyl (C=O) groups excluding carboxylic acids is 1. The molecule has 36 heavy (non-hydrogen) atoms. The van der Waals surface area contributed by atoms with Gasteiger partial charge in [0, 0.05) is 61.1 Å². The van der Waals surface area contributed by atoms with Crippen LogP contribution in [0.1, 0.15) is 17.7 Å². The molecule has 2 aromatic heterocycles. The number of halogens is 3. The lowest BCUT2D eigenvalue weighted by Gasteiger charge is -2.36. The van der Waals surface area contributed by atoms with E-state index in [1.807, 2.05) is 45.1 Å². The fraction of sp³-hybridized carbons (Fsp3) is 0.308. The Morgan fingerprint density at radius 2 is 1.83 bits per heavy atom. The molecule has 0 aliphatic carbocycles. The van der Waals surface area contributed by atoms with Crippen molar-refractivity contribution in [3.63, 3.8) is 0 Å². The molecule has 1 aliphatic rings. The first-order valence-corrected chi connectivity index (χ1v) is 12.5. The Bertz CT molecular complexity index is 1360. The van der Waals surface area contributed by atoms with Gasteiger partial charge in [0.1, 0.15) is 5.75 Å². The average Bonchev–Trinajstić information content (AvgIpc) is 3.48. The number of methoxy groups -OCH3 is 1. The van der Waals surface area contributed by atoms with Gasteiger partial charge in [0.2, 0.25) is 5.91 Å². The molecule has 0 spiro atoms. The van der Waals surface area contributed by atoms with Crippen LogP contribution in [-0.2, 0) is 17.4 Å². The summed E-state index contributed by atoms with van der Waals surface area (Å²) < 4.78 is 46.4. The van der Waals surface area contributed by atoms with Gasteiger partial charge >= 0.3 is 6.18 Å². The summed E-state index contributed by atoms with van der Waals surface area (Å²) in [5, 5.41) is 2.03. The SMILES string of the molecule is COc1ccc(-c2cn3c(CCC(=O)N4CCN(c5cccc(C(F)(F)F)c5)CC4)csc3n2)cc1. The van der Waals surface area contributed by atoms with E-state index in [4.69, 9.17) is 9.72 Å². The monoisotopic (exact) mass is 514 g/mol. The van der Waals surface area contributed by atoms with Crippen molar-refractivity contribution in [2.24, 2.45) is 0 Å². The van der Waals surface area contributed by atoms with E-state index in [0.717, 1.165) is 33.7 Å². The molecular weight excluding hydrogens is 489 g/mol. The second-order valence-electron chi connectivity index (χ2n) is 8.65. The van der Waals surface area contributed by atoms with E-state index in [1.54, 1.807) is 29.4 Å². The smallest absolute Gasteiger partial charge is 0.416 e. The van der Waals surface area contributed by atoms with Crippen LogP contribution in [0.3, 0.4) is 0 Å². The highest BCUT2D eigenvalue weighted by atomic mass is 32.1. The van der Waals surface area contributed by atoms with Gasteiger partial charge in [-0.3, -0.25) is 9.20 Å². The molecule has 0 atom stereocenters. The number of aromatic nitrogens is 2. The van der Waals surface area contributed by atoms with Gasteiger partial charge in [-0.2, -0.15) is 13.2 Å². The first-order valence-electron chi connectivity index (χ1n) is 11.6. The van der Waals surface area contributed by atoms with Gasteiger partial charge in [0.05, 0.1) is 18.4 Å². The van der Waals surface area contributed by atoms with Crippen molar-refractivity contribution in [2.45, 2.75) is 19.0 Å². The maximum Gasteiger partial charge on any atom is 0.416 e. The minimum atomic E-state index is -4.37. The number of amides is 1. The number of rotatable bonds is 6. The zero-order chi connectivity index (χ0) is 25.3. The highest BCUT2D eigenvalue weighted by molar-refractivity contribution is 7.15. The largest absolute Gasteiger partial charge is 0.497 e. The first kappa shape index (κ1) is 24.2. The highest BCUT2D eigenvalue weighted by Gasteiger charge is 2.31. The van der Waals surface area contributed by atoms with Crippen LogP contribution in [0.4, 0.5) is 18.9 Å². The topological polar surface area (TPSA) is 50.1 Å². The molecular formula is C26H25F3N4O2S. The summed E-state index contributed by atoms with van der Waals surface area (Å²) in [7, 11) is 1.63. The van der Waals surface area contributed by atoms with Gasteiger partial charge in [-0.15, -0.1) is 11.3 Å². The van der Waals surface area contributed by atoms with Crippen molar-refractivity contribution in [1.82, 2.24) is 14.3 Å². The van der Waals surface area contributed by atoms with Crippen LogP contribution >= 0.6 is 11.3 Å². The number of piperazine rings is 1. The summed E-state index contributed by atoms with van der Waals surface area (Å²) in [5.74, 6) is 0.836. The summed E-state index contributed by atoms with van der Waals surface area (Å²) >= 11 is 1.54. The molecule has 4 aromatic rings. The molecule has 2 aromatic carbocycles. The molecule has 0 radical (unpaired) electrons. The number of ether oxygens (including phenoxy) is 1. The summed E-state index contributed by atoms with van der Waals surface area (Å²) in [6, 6.07) is 13.1. The molecule has 0 unspecified atom stereocenters. The minimum absolute atomic E-state index is 0.0496. The van der Waals surface area contributed by atoms with Crippen LogP contribution in [0.2, 0.25) is 0 Å². The van der Waals surface area contributed by atoms with Crippen molar-refractivity contribution in [1.29, 1.82) is 0 Å². The molecule has 0 N–H and O–H groups in total. The number of imidazole rings is 1. The Hall–Kier alpha value is -3.53. The quantitative estimate of drug-likeness (QED) is 0.347.